The highest BCUT2D eigenvalue weighted by molar-refractivity contribution is 14.1. The summed E-state index contributed by atoms with van der Waals surface area (Å²) in [7, 11) is 0. The molecule has 1 heterocycles. The van der Waals surface area contributed by atoms with E-state index in [0.717, 1.165) is 0 Å². The zero-order valence-electron chi connectivity index (χ0n) is 11.7. The van der Waals surface area contributed by atoms with E-state index in [0.29, 0.717) is 25.1 Å². The number of carbonyl (C=O) groups excluding carboxylic acids is 3. The highest BCUT2D eigenvalue weighted by atomic mass is 127. The van der Waals surface area contributed by atoms with E-state index in [1.807, 2.05) is 18.2 Å². The Balaban J connectivity index is 1.91. The van der Waals surface area contributed by atoms with Crippen LogP contribution in [-0.2, 0) is 9.59 Å². The molecule has 0 spiro atoms. The molecule has 0 saturated carbocycles. The zero-order valence-corrected chi connectivity index (χ0v) is 13.9. The van der Waals surface area contributed by atoms with E-state index in [1.54, 1.807) is 39.6 Å². The average Bonchev–Trinajstić information content (AvgIpc) is 2.90. The van der Waals surface area contributed by atoms with Gasteiger partial charge >= 0.3 is 0 Å². The predicted octanol–water partition coefficient (Wildman–Crippen LogP) is 1.61. The molecule has 1 aromatic rings. The normalized spacial score (nSPS) is 21.1. The second-order valence-corrected chi connectivity index (χ2v) is 6.23. The molecule has 0 bridgehead atoms. The van der Waals surface area contributed by atoms with E-state index >= 15 is 0 Å². The van der Waals surface area contributed by atoms with Gasteiger partial charge in [-0.05, 0) is 24.5 Å². The Morgan fingerprint density at radius 3 is 2.48 bits per heavy atom. The molecule has 0 aromatic heterocycles. The van der Waals surface area contributed by atoms with Crippen molar-refractivity contribution in [3.8, 4) is 0 Å². The van der Waals surface area contributed by atoms with Crippen LogP contribution >= 0.6 is 22.6 Å². The fourth-order valence-electron chi connectivity index (χ4n) is 2.56. The summed E-state index contributed by atoms with van der Waals surface area (Å²) in [5.41, 5.74) is 0.612. The van der Waals surface area contributed by atoms with Crippen LogP contribution in [0.5, 0.6) is 0 Å². The topological polar surface area (TPSA) is 66.5 Å². The van der Waals surface area contributed by atoms with Crippen LogP contribution in [0.2, 0.25) is 0 Å². The molecule has 1 saturated heterocycles. The van der Waals surface area contributed by atoms with Crippen LogP contribution in [0.25, 0.3) is 0 Å². The summed E-state index contributed by atoms with van der Waals surface area (Å²) in [6.07, 6.45) is 0.608. The van der Waals surface area contributed by atoms with Crippen molar-refractivity contribution in [2.75, 3.05) is 13.1 Å². The maximum absolute atomic E-state index is 12.0. The molecule has 0 radical (unpaired) electrons. The second-order valence-electron chi connectivity index (χ2n) is 5.17. The number of nitrogens with one attached hydrogen (secondary N) is 1. The number of nitrogens with zero attached hydrogens (tertiary/aromatic N) is 1. The molecular formula is C15H17IN2O3. The Hall–Kier alpha value is -1.44. The molecule has 21 heavy (non-hydrogen) atoms. The minimum atomic E-state index is -0.360. The Morgan fingerprint density at radius 1 is 1.29 bits per heavy atom. The monoisotopic (exact) mass is 400 g/mol. The van der Waals surface area contributed by atoms with E-state index in [4.69, 9.17) is 0 Å². The third-order valence-corrected chi connectivity index (χ3v) is 4.36. The van der Waals surface area contributed by atoms with Crippen LogP contribution in [0.1, 0.15) is 23.7 Å². The van der Waals surface area contributed by atoms with Crippen molar-refractivity contribution in [2.45, 2.75) is 19.4 Å². The highest BCUT2D eigenvalue weighted by Crippen LogP contribution is 2.25. The van der Waals surface area contributed by atoms with Gasteiger partial charge < -0.3 is 10.2 Å². The summed E-state index contributed by atoms with van der Waals surface area (Å²) in [5.74, 6) is -0.110. The quantitative estimate of drug-likeness (QED) is 0.617. The van der Waals surface area contributed by atoms with Gasteiger partial charge in [-0.3, -0.25) is 14.4 Å². The second kappa shape index (κ2) is 7.02. The minimum absolute atomic E-state index is 0.0281. The number of amides is 2. The van der Waals surface area contributed by atoms with Crippen LogP contribution in [0.3, 0.4) is 0 Å². The number of hydrogen-bond acceptors (Lipinski definition) is 3. The molecular weight excluding hydrogens is 383 g/mol. The third kappa shape index (κ3) is 4.03. The smallest absolute Gasteiger partial charge is 0.251 e. The highest BCUT2D eigenvalue weighted by Gasteiger charge is 2.37. The first-order valence-corrected chi connectivity index (χ1v) is 7.86. The molecule has 2 amide bonds. The molecule has 2 rings (SSSR count). The number of likely N-dealkylation sites (tertiary alicyclic amines) is 1. The summed E-state index contributed by atoms with van der Waals surface area (Å²) in [4.78, 5) is 36.7. The lowest BCUT2D eigenvalue weighted by molar-refractivity contribution is -0.132. The Morgan fingerprint density at radius 2 is 1.95 bits per heavy atom. The standard InChI is InChI=1S/C15H17IN2O3/c1-10(19)18-9-11(7-13(18)14(16)20)8-17-15(21)12-5-3-2-4-6-12/h2-6,11,13H,7-9H2,1H3,(H,17,21)/t11-,13-/m0/s1. The predicted molar refractivity (Wildman–Crippen MR) is 87.1 cm³/mol. The molecule has 0 unspecified atom stereocenters. The van der Waals surface area contributed by atoms with Crippen molar-refractivity contribution in [1.82, 2.24) is 10.2 Å². The number of hydrogen-bond donors (Lipinski definition) is 1. The first-order valence-electron chi connectivity index (χ1n) is 6.79. The van der Waals surface area contributed by atoms with Gasteiger partial charge in [0.25, 0.3) is 5.91 Å². The molecule has 0 aliphatic carbocycles. The van der Waals surface area contributed by atoms with Gasteiger partial charge in [-0.25, -0.2) is 0 Å². The molecule has 1 aliphatic heterocycles. The largest absolute Gasteiger partial charge is 0.352 e. The van der Waals surface area contributed by atoms with Crippen LogP contribution < -0.4 is 5.32 Å². The van der Waals surface area contributed by atoms with E-state index < -0.39 is 0 Å². The SMILES string of the molecule is CC(=O)N1C[C@H](CNC(=O)c2ccccc2)C[C@H]1C(=O)I. The molecule has 2 atom stereocenters. The fraction of sp³-hybridized carbons (Fsp3) is 0.400. The van der Waals surface area contributed by atoms with Crippen molar-refractivity contribution < 1.29 is 14.4 Å². The lowest BCUT2D eigenvalue weighted by Crippen LogP contribution is -2.37. The van der Waals surface area contributed by atoms with Gasteiger partial charge in [0.05, 0.1) is 0 Å². The number of carbonyl (C=O) groups is 3. The van der Waals surface area contributed by atoms with E-state index in [1.165, 1.54) is 6.92 Å². The number of benzene rings is 1. The molecule has 1 fully saturated rings. The number of rotatable bonds is 4. The Bertz CT molecular complexity index is 525. The van der Waals surface area contributed by atoms with Crippen LogP contribution in [-0.4, -0.2) is 39.6 Å². The van der Waals surface area contributed by atoms with Gasteiger partial charge in [0.2, 0.25) is 9.70 Å². The fourth-order valence-corrected chi connectivity index (χ4v) is 3.15. The minimum Gasteiger partial charge on any atom is -0.352 e. The first kappa shape index (κ1) is 15.9. The summed E-state index contributed by atoms with van der Waals surface area (Å²) in [6.45, 7) is 2.46. The molecule has 112 valence electrons. The van der Waals surface area contributed by atoms with Crippen molar-refractivity contribution in [1.29, 1.82) is 0 Å². The van der Waals surface area contributed by atoms with E-state index in [2.05, 4.69) is 5.32 Å². The lowest BCUT2D eigenvalue weighted by Gasteiger charge is -2.19. The van der Waals surface area contributed by atoms with Gasteiger partial charge in [0.1, 0.15) is 6.04 Å². The molecule has 1 N–H and O–H groups in total. The summed E-state index contributed by atoms with van der Waals surface area (Å²) in [5, 5.41) is 2.87. The van der Waals surface area contributed by atoms with Crippen LogP contribution in [0.15, 0.2) is 30.3 Å². The average molecular weight is 400 g/mol. The maximum atomic E-state index is 12.0. The first-order chi connectivity index (χ1) is 9.99. The summed E-state index contributed by atoms with van der Waals surface area (Å²) >= 11 is 1.73. The zero-order chi connectivity index (χ0) is 15.4. The van der Waals surface area contributed by atoms with Gasteiger partial charge in [-0.2, -0.15) is 0 Å². The van der Waals surface area contributed by atoms with E-state index in [9.17, 15) is 14.4 Å². The molecule has 6 heteroatoms. The summed E-state index contributed by atoms with van der Waals surface area (Å²) < 4.78 is -0.0281. The third-order valence-electron chi connectivity index (χ3n) is 3.64. The maximum Gasteiger partial charge on any atom is 0.251 e. The van der Waals surface area contributed by atoms with Crippen molar-refractivity contribution in [3.63, 3.8) is 0 Å². The van der Waals surface area contributed by atoms with Crippen LogP contribution in [0, 0.1) is 5.92 Å². The number of halogens is 1. The molecule has 5 nitrogen and oxygen atoms in total. The summed E-state index contributed by atoms with van der Waals surface area (Å²) in [6, 6.07) is 8.63. The van der Waals surface area contributed by atoms with Gasteiger partial charge in [0, 0.05) is 48.2 Å². The van der Waals surface area contributed by atoms with Crippen molar-refractivity contribution in [3.05, 3.63) is 35.9 Å². The van der Waals surface area contributed by atoms with Gasteiger partial charge in [-0.15, -0.1) is 0 Å². The van der Waals surface area contributed by atoms with Gasteiger partial charge in [-0.1, -0.05) is 18.2 Å². The molecule has 1 aliphatic rings. The van der Waals surface area contributed by atoms with Crippen molar-refractivity contribution in [2.24, 2.45) is 5.92 Å². The van der Waals surface area contributed by atoms with Crippen LogP contribution in [0.4, 0.5) is 0 Å². The lowest BCUT2D eigenvalue weighted by atomic mass is 10.1. The van der Waals surface area contributed by atoms with Crippen molar-refractivity contribution >= 4 is 38.2 Å². The Labute approximate surface area is 137 Å². The van der Waals surface area contributed by atoms with Gasteiger partial charge in [0.15, 0.2) is 0 Å². The Kier molecular flexibility index (Phi) is 5.33. The molecule has 1 aromatic carbocycles. The van der Waals surface area contributed by atoms with E-state index in [-0.39, 0.29) is 27.6 Å².